The Kier molecular flexibility index (Phi) is 7.68. The number of benzene rings is 4. The van der Waals surface area contributed by atoms with Crippen LogP contribution in [-0.4, -0.2) is 40.4 Å². The van der Waals surface area contributed by atoms with Gasteiger partial charge in [0.1, 0.15) is 12.4 Å². The summed E-state index contributed by atoms with van der Waals surface area (Å²) >= 11 is 0. The lowest BCUT2D eigenvalue weighted by Gasteiger charge is -2.37. The highest BCUT2D eigenvalue weighted by atomic mass is 16.5. The van der Waals surface area contributed by atoms with Crippen LogP contribution in [0.4, 0.5) is 4.79 Å². The number of fused-ring (bicyclic) bond motifs is 1. The van der Waals surface area contributed by atoms with Crippen LogP contribution in [0.3, 0.4) is 0 Å². The minimum Gasteiger partial charge on any atom is -0.488 e. The average Bonchev–Trinajstić information content (AvgIpc) is 2.95. The molecule has 190 valence electrons. The smallest absolute Gasteiger partial charge is 0.407 e. The van der Waals surface area contributed by atoms with E-state index >= 15 is 0 Å². The lowest BCUT2D eigenvalue weighted by atomic mass is 9.86. The van der Waals surface area contributed by atoms with Crippen LogP contribution in [0, 0.1) is 0 Å². The molecule has 1 heterocycles. The van der Waals surface area contributed by atoms with Crippen LogP contribution in [0.2, 0.25) is 0 Å². The van der Waals surface area contributed by atoms with E-state index < -0.39 is 6.09 Å². The van der Waals surface area contributed by atoms with Gasteiger partial charge in [-0.15, -0.1) is 0 Å². The maximum atomic E-state index is 11.7. The molecule has 4 aromatic rings. The molecule has 6 heteroatoms. The molecule has 5 rings (SSSR count). The molecule has 4 aromatic carbocycles. The Morgan fingerprint density at radius 3 is 2.46 bits per heavy atom. The summed E-state index contributed by atoms with van der Waals surface area (Å²) in [5, 5.41) is 21.3. The molecule has 0 spiro atoms. The van der Waals surface area contributed by atoms with Crippen molar-refractivity contribution in [2.24, 2.45) is 0 Å². The van der Waals surface area contributed by atoms with Crippen molar-refractivity contribution in [3.05, 3.63) is 113 Å². The van der Waals surface area contributed by atoms with Crippen LogP contribution >= 0.6 is 0 Å². The molecule has 2 N–H and O–H groups in total. The normalized spacial score (nSPS) is 17.6. The number of carboxylic acid groups (broad SMARTS) is 1. The number of rotatable bonds is 8. The third-order valence-electron chi connectivity index (χ3n) is 6.98. The Labute approximate surface area is 216 Å². The predicted molar refractivity (Wildman–Crippen MR) is 143 cm³/mol. The van der Waals surface area contributed by atoms with Gasteiger partial charge in [0.2, 0.25) is 0 Å². The number of amides is 1. The zero-order chi connectivity index (χ0) is 25.6. The minimum atomic E-state index is -0.932. The molecule has 2 unspecified atom stereocenters. The van der Waals surface area contributed by atoms with Gasteiger partial charge >= 0.3 is 6.09 Å². The predicted octanol–water partition coefficient (Wildman–Crippen LogP) is 5.96. The second-order valence-electron chi connectivity index (χ2n) is 9.47. The summed E-state index contributed by atoms with van der Waals surface area (Å²) in [6.45, 7) is 1.52. The Hall–Kier alpha value is -3.87. The molecule has 1 amide bonds. The molecule has 1 aliphatic rings. The van der Waals surface area contributed by atoms with Crippen molar-refractivity contribution >= 4 is 16.9 Å². The van der Waals surface area contributed by atoms with Crippen LogP contribution in [-0.2, 0) is 24.6 Å². The fourth-order valence-corrected chi connectivity index (χ4v) is 5.04. The highest BCUT2D eigenvalue weighted by Crippen LogP contribution is 2.33. The zero-order valence-electron chi connectivity index (χ0n) is 20.6. The summed E-state index contributed by atoms with van der Waals surface area (Å²) in [4.78, 5) is 13.1. The van der Waals surface area contributed by atoms with Crippen molar-refractivity contribution in [1.29, 1.82) is 0 Å². The van der Waals surface area contributed by atoms with E-state index in [0.29, 0.717) is 32.7 Å². The monoisotopic (exact) mass is 497 g/mol. The lowest BCUT2D eigenvalue weighted by Crippen LogP contribution is -2.46. The van der Waals surface area contributed by atoms with Gasteiger partial charge in [0, 0.05) is 17.8 Å². The number of aliphatic hydroxyl groups is 1. The van der Waals surface area contributed by atoms with Gasteiger partial charge in [-0.1, -0.05) is 78.9 Å². The van der Waals surface area contributed by atoms with E-state index in [2.05, 4.69) is 18.2 Å². The van der Waals surface area contributed by atoms with Gasteiger partial charge in [-0.25, -0.2) is 4.79 Å². The molecule has 0 bridgehead atoms. The molecule has 0 aromatic heterocycles. The molecule has 0 radical (unpaired) electrons. The summed E-state index contributed by atoms with van der Waals surface area (Å²) in [5.41, 5.74) is 3.97. The van der Waals surface area contributed by atoms with Crippen molar-refractivity contribution in [3.8, 4) is 5.75 Å². The van der Waals surface area contributed by atoms with Gasteiger partial charge < -0.3 is 24.6 Å². The van der Waals surface area contributed by atoms with Gasteiger partial charge in [0.15, 0.2) is 0 Å². The van der Waals surface area contributed by atoms with E-state index in [1.165, 1.54) is 4.90 Å². The SMILES string of the molecule is O=C(O)N1CCC(c2cccc(CO)c2)C(OCc2cc(OCc3ccccc3)c3ccccc3c2)C1. The van der Waals surface area contributed by atoms with Crippen molar-refractivity contribution < 1.29 is 24.5 Å². The lowest BCUT2D eigenvalue weighted by molar-refractivity contribution is -0.0200. The first-order valence-electron chi connectivity index (χ1n) is 12.6. The van der Waals surface area contributed by atoms with Crippen LogP contribution in [0.15, 0.2) is 91.0 Å². The number of aliphatic hydroxyl groups excluding tert-OH is 1. The molecule has 2 atom stereocenters. The number of hydrogen-bond acceptors (Lipinski definition) is 4. The molecule has 37 heavy (non-hydrogen) atoms. The summed E-state index contributed by atoms with van der Waals surface area (Å²) in [6.07, 6.45) is -0.577. The largest absolute Gasteiger partial charge is 0.488 e. The van der Waals surface area contributed by atoms with E-state index in [1.54, 1.807) is 0 Å². The maximum absolute atomic E-state index is 11.7. The van der Waals surface area contributed by atoms with Crippen molar-refractivity contribution in [1.82, 2.24) is 4.90 Å². The van der Waals surface area contributed by atoms with Crippen LogP contribution in [0.5, 0.6) is 5.75 Å². The molecular formula is C31H31NO5. The number of carbonyl (C=O) groups is 1. The number of ether oxygens (including phenoxy) is 2. The summed E-state index contributed by atoms with van der Waals surface area (Å²) in [7, 11) is 0. The van der Waals surface area contributed by atoms with Gasteiger partial charge in [-0.05, 0) is 46.2 Å². The van der Waals surface area contributed by atoms with Crippen LogP contribution < -0.4 is 4.74 Å². The first-order valence-corrected chi connectivity index (χ1v) is 12.6. The van der Waals surface area contributed by atoms with E-state index in [-0.39, 0.29) is 18.6 Å². The van der Waals surface area contributed by atoms with Gasteiger partial charge in [0.05, 0.1) is 25.9 Å². The third-order valence-corrected chi connectivity index (χ3v) is 6.98. The van der Waals surface area contributed by atoms with Gasteiger partial charge in [-0.2, -0.15) is 0 Å². The van der Waals surface area contributed by atoms with Crippen molar-refractivity contribution in [2.45, 2.75) is 38.3 Å². The summed E-state index contributed by atoms with van der Waals surface area (Å²) < 4.78 is 12.7. The number of likely N-dealkylation sites (tertiary alicyclic amines) is 1. The number of nitrogens with zero attached hydrogens (tertiary/aromatic N) is 1. The first-order chi connectivity index (χ1) is 18.1. The second kappa shape index (κ2) is 11.5. The van der Waals surface area contributed by atoms with Crippen molar-refractivity contribution in [2.75, 3.05) is 13.1 Å². The minimum absolute atomic E-state index is 0.0316. The average molecular weight is 498 g/mol. The zero-order valence-corrected chi connectivity index (χ0v) is 20.6. The van der Waals surface area contributed by atoms with E-state index in [1.807, 2.05) is 72.8 Å². The Morgan fingerprint density at radius 2 is 1.65 bits per heavy atom. The second-order valence-corrected chi connectivity index (χ2v) is 9.47. The first kappa shape index (κ1) is 24.8. The molecule has 6 nitrogen and oxygen atoms in total. The van der Waals surface area contributed by atoms with Crippen LogP contribution in [0.25, 0.3) is 10.8 Å². The quantitative estimate of drug-likeness (QED) is 0.314. The summed E-state index contributed by atoms with van der Waals surface area (Å²) in [6, 6.07) is 30.1. The number of hydrogen-bond donors (Lipinski definition) is 2. The fraction of sp³-hybridized carbons (Fsp3) is 0.258. The summed E-state index contributed by atoms with van der Waals surface area (Å²) in [5.74, 6) is 0.833. The van der Waals surface area contributed by atoms with Crippen molar-refractivity contribution in [3.63, 3.8) is 0 Å². The maximum Gasteiger partial charge on any atom is 0.407 e. The Balaban J connectivity index is 1.38. The molecule has 0 aliphatic carbocycles. The molecular weight excluding hydrogens is 466 g/mol. The molecule has 1 aliphatic heterocycles. The standard InChI is InChI=1S/C31H31NO5/c33-19-23-9-6-11-26(15-23)28-13-14-32(31(34)35)18-30(28)37-21-24-16-25-10-4-5-12-27(25)29(17-24)36-20-22-7-2-1-3-8-22/h1-12,15-17,28,30,33H,13-14,18-21H2,(H,34,35). The molecule has 0 saturated carbocycles. The molecule has 1 saturated heterocycles. The van der Waals surface area contributed by atoms with E-state index in [0.717, 1.165) is 38.8 Å². The molecule has 1 fully saturated rings. The Morgan fingerprint density at radius 1 is 0.865 bits per heavy atom. The Bertz CT molecular complexity index is 1360. The fourth-order valence-electron chi connectivity index (χ4n) is 5.04. The highest BCUT2D eigenvalue weighted by molar-refractivity contribution is 5.89. The van der Waals surface area contributed by atoms with E-state index in [4.69, 9.17) is 9.47 Å². The number of piperidine rings is 1. The van der Waals surface area contributed by atoms with Crippen LogP contribution in [0.1, 0.15) is 34.6 Å². The topological polar surface area (TPSA) is 79.2 Å². The van der Waals surface area contributed by atoms with E-state index in [9.17, 15) is 15.0 Å². The highest BCUT2D eigenvalue weighted by Gasteiger charge is 2.33. The third kappa shape index (κ3) is 5.93. The van der Waals surface area contributed by atoms with Gasteiger partial charge in [-0.3, -0.25) is 0 Å². The van der Waals surface area contributed by atoms with Gasteiger partial charge in [0.25, 0.3) is 0 Å².